The second kappa shape index (κ2) is 9.51. The number of nitrogens with zero attached hydrogens (tertiary/aromatic N) is 3. The standard InChI is InChI=1S/C20H27N5.C2H6/c1-13(2)10-18(21-3)20-23-16-7-6-14(11-17(16)24-20)15-8-9-22-19(12-15)25(4)5;1-2/h6-9,11-13,18,21H,10H2,1-5H3,(H,23,24);1-2H3/t18-;/m1./s1. The predicted octanol–water partition coefficient (Wildman–Crippen LogP) is 5.02. The summed E-state index contributed by atoms with van der Waals surface area (Å²) in [5.41, 5.74) is 4.39. The van der Waals surface area contributed by atoms with E-state index in [1.54, 1.807) is 0 Å². The van der Waals surface area contributed by atoms with Crippen LogP contribution in [0.3, 0.4) is 0 Å². The van der Waals surface area contributed by atoms with Crippen LogP contribution in [-0.4, -0.2) is 36.1 Å². The number of aromatic amines is 1. The van der Waals surface area contributed by atoms with Gasteiger partial charge in [0.15, 0.2) is 0 Å². The summed E-state index contributed by atoms with van der Waals surface area (Å²) >= 11 is 0. The summed E-state index contributed by atoms with van der Waals surface area (Å²) in [5.74, 6) is 2.57. The summed E-state index contributed by atoms with van der Waals surface area (Å²) in [5, 5.41) is 3.37. The van der Waals surface area contributed by atoms with Gasteiger partial charge in [-0.25, -0.2) is 9.97 Å². The maximum Gasteiger partial charge on any atom is 0.128 e. The molecule has 3 rings (SSSR count). The van der Waals surface area contributed by atoms with Gasteiger partial charge in [0.2, 0.25) is 0 Å². The predicted molar refractivity (Wildman–Crippen MR) is 116 cm³/mol. The Hall–Kier alpha value is -2.40. The minimum atomic E-state index is 0.247. The van der Waals surface area contributed by atoms with Crippen molar-refractivity contribution in [2.24, 2.45) is 5.92 Å². The van der Waals surface area contributed by atoms with Crippen LogP contribution in [0.1, 0.15) is 46.0 Å². The summed E-state index contributed by atoms with van der Waals surface area (Å²) in [6, 6.07) is 10.8. The molecule has 2 N–H and O–H groups in total. The number of hydrogen-bond acceptors (Lipinski definition) is 4. The van der Waals surface area contributed by atoms with E-state index in [2.05, 4.69) is 53.4 Å². The molecule has 2 heterocycles. The SMILES string of the molecule is CC.CN[C@H](CC(C)C)c1nc2ccc(-c3ccnc(N(C)C)c3)cc2[nH]1. The van der Waals surface area contributed by atoms with Crippen LogP contribution in [0.4, 0.5) is 5.82 Å². The largest absolute Gasteiger partial charge is 0.363 e. The lowest BCUT2D eigenvalue weighted by Crippen LogP contribution is -2.19. The van der Waals surface area contributed by atoms with E-state index in [-0.39, 0.29) is 6.04 Å². The van der Waals surface area contributed by atoms with Crippen LogP contribution in [0.2, 0.25) is 0 Å². The zero-order valence-electron chi connectivity index (χ0n) is 17.7. The van der Waals surface area contributed by atoms with Gasteiger partial charge >= 0.3 is 0 Å². The zero-order chi connectivity index (χ0) is 20.0. The minimum absolute atomic E-state index is 0.247. The Kier molecular flexibility index (Phi) is 7.36. The molecule has 2 aromatic heterocycles. The molecular formula is C22H33N5. The molecule has 5 nitrogen and oxygen atoms in total. The average Bonchev–Trinajstić information content (AvgIpc) is 3.10. The molecule has 5 heteroatoms. The first-order valence-corrected chi connectivity index (χ1v) is 9.78. The minimum Gasteiger partial charge on any atom is -0.363 e. The smallest absolute Gasteiger partial charge is 0.128 e. The van der Waals surface area contributed by atoms with Gasteiger partial charge < -0.3 is 15.2 Å². The molecule has 0 unspecified atom stereocenters. The van der Waals surface area contributed by atoms with Gasteiger partial charge in [0.1, 0.15) is 11.6 Å². The van der Waals surface area contributed by atoms with Crippen molar-refractivity contribution in [3.8, 4) is 11.1 Å². The number of anilines is 1. The number of benzene rings is 1. The molecular weight excluding hydrogens is 334 g/mol. The molecule has 0 aliphatic heterocycles. The molecule has 0 saturated carbocycles. The van der Waals surface area contributed by atoms with E-state index in [0.29, 0.717) is 5.92 Å². The normalized spacial score (nSPS) is 12.0. The van der Waals surface area contributed by atoms with Gasteiger partial charge in [-0.05, 0) is 54.8 Å². The number of rotatable bonds is 6. The highest BCUT2D eigenvalue weighted by molar-refractivity contribution is 5.82. The number of H-pyrrole nitrogens is 1. The third kappa shape index (κ3) is 5.07. The van der Waals surface area contributed by atoms with Gasteiger partial charge in [-0.2, -0.15) is 0 Å². The van der Waals surface area contributed by atoms with Gasteiger partial charge in [-0.15, -0.1) is 0 Å². The van der Waals surface area contributed by atoms with E-state index in [4.69, 9.17) is 4.98 Å². The number of pyridine rings is 1. The van der Waals surface area contributed by atoms with Crippen molar-refractivity contribution in [3.05, 3.63) is 42.4 Å². The first-order chi connectivity index (χ1) is 13.0. The molecule has 1 atom stereocenters. The van der Waals surface area contributed by atoms with Crippen molar-refractivity contribution in [1.29, 1.82) is 0 Å². The fraction of sp³-hybridized carbons (Fsp3) is 0.455. The third-order valence-electron chi connectivity index (χ3n) is 4.42. The first-order valence-electron chi connectivity index (χ1n) is 9.78. The van der Waals surface area contributed by atoms with E-state index in [9.17, 15) is 0 Å². The zero-order valence-corrected chi connectivity index (χ0v) is 17.7. The Morgan fingerprint density at radius 3 is 2.41 bits per heavy atom. The maximum absolute atomic E-state index is 4.78. The summed E-state index contributed by atoms with van der Waals surface area (Å²) in [6.45, 7) is 8.47. The molecule has 0 fully saturated rings. The second-order valence-corrected chi connectivity index (χ2v) is 7.12. The molecule has 3 aromatic rings. The number of aromatic nitrogens is 3. The van der Waals surface area contributed by atoms with E-state index in [1.165, 1.54) is 0 Å². The van der Waals surface area contributed by atoms with Gasteiger partial charge in [0, 0.05) is 20.3 Å². The van der Waals surface area contributed by atoms with Gasteiger partial charge in [-0.3, -0.25) is 0 Å². The van der Waals surface area contributed by atoms with Crippen molar-refractivity contribution >= 4 is 16.9 Å². The van der Waals surface area contributed by atoms with Crippen LogP contribution in [-0.2, 0) is 0 Å². The molecule has 146 valence electrons. The molecule has 0 spiro atoms. The molecule has 0 aliphatic carbocycles. The Morgan fingerprint density at radius 2 is 1.78 bits per heavy atom. The fourth-order valence-corrected chi connectivity index (χ4v) is 3.05. The van der Waals surface area contributed by atoms with Crippen LogP contribution in [0.15, 0.2) is 36.5 Å². The fourth-order valence-electron chi connectivity index (χ4n) is 3.05. The molecule has 27 heavy (non-hydrogen) atoms. The average molecular weight is 368 g/mol. The molecule has 0 aliphatic rings. The van der Waals surface area contributed by atoms with Crippen LogP contribution in [0, 0.1) is 5.92 Å². The van der Waals surface area contributed by atoms with Crippen molar-refractivity contribution in [3.63, 3.8) is 0 Å². The second-order valence-electron chi connectivity index (χ2n) is 7.12. The summed E-state index contributed by atoms with van der Waals surface area (Å²) in [4.78, 5) is 14.7. The Morgan fingerprint density at radius 1 is 1.07 bits per heavy atom. The number of fused-ring (bicyclic) bond motifs is 1. The Balaban J connectivity index is 0.00000126. The lowest BCUT2D eigenvalue weighted by molar-refractivity contribution is 0.443. The Labute approximate surface area is 163 Å². The molecule has 1 aromatic carbocycles. The van der Waals surface area contributed by atoms with Crippen LogP contribution in [0.25, 0.3) is 22.2 Å². The lowest BCUT2D eigenvalue weighted by Gasteiger charge is -2.15. The summed E-state index contributed by atoms with van der Waals surface area (Å²) < 4.78 is 0. The molecule has 0 bridgehead atoms. The highest BCUT2D eigenvalue weighted by atomic mass is 15.1. The van der Waals surface area contributed by atoms with E-state index in [0.717, 1.165) is 40.2 Å². The third-order valence-corrected chi connectivity index (χ3v) is 4.42. The lowest BCUT2D eigenvalue weighted by atomic mass is 10.0. The monoisotopic (exact) mass is 367 g/mol. The maximum atomic E-state index is 4.78. The van der Waals surface area contributed by atoms with Gasteiger partial charge in [0.05, 0.1) is 17.1 Å². The quantitative estimate of drug-likeness (QED) is 0.642. The summed E-state index contributed by atoms with van der Waals surface area (Å²) in [6.07, 6.45) is 2.91. The summed E-state index contributed by atoms with van der Waals surface area (Å²) in [7, 11) is 6.00. The van der Waals surface area contributed by atoms with E-state index in [1.807, 2.05) is 52.2 Å². The van der Waals surface area contributed by atoms with Crippen molar-refractivity contribution in [2.75, 3.05) is 26.0 Å². The van der Waals surface area contributed by atoms with Crippen LogP contribution in [0.5, 0.6) is 0 Å². The van der Waals surface area contributed by atoms with Crippen molar-refractivity contribution < 1.29 is 0 Å². The van der Waals surface area contributed by atoms with Crippen LogP contribution < -0.4 is 10.2 Å². The molecule has 0 saturated heterocycles. The van der Waals surface area contributed by atoms with Crippen molar-refractivity contribution in [2.45, 2.75) is 40.2 Å². The number of imidazole rings is 1. The van der Waals surface area contributed by atoms with E-state index >= 15 is 0 Å². The van der Waals surface area contributed by atoms with Crippen LogP contribution >= 0.6 is 0 Å². The van der Waals surface area contributed by atoms with E-state index < -0.39 is 0 Å². The topological polar surface area (TPSA) is 56.8 Å². The van der Waals surface area contributed by atoms with Gasteiger partial charge in [-0.1, -0.05) is 33.8 Å². The highest BCUT2D eigenvalue weighted by Crippen LogP contribution is 2.27. The van der Waals surface area contributed by atoms with Gasteiger partial charge in [0.25, 0.3) is 0 Å². The molecule has 0 radical (unpaired) electrons. The van der Waals surface area contributed by atoms with Crippen molar-refractivity contribution in [1.82, 2.24) is 20.3 Å². The number of nitrogens with one attached hydrogen (secondary N) is 2. The number of hydrogen-bond donors (Lipinski definition) is 2. The Bertz CT molecular complexity index is 851. The first kappa shape index (κ1) is 20.9. The highest BCUT2D eigenvalue weighted by Gasteiger charge is 2.15. The molecule has 0 amide bonds.